The molecule has 0 aliphatic carbocycles. The molecule has 34 heavy (non-hydrogen) atoms. The maximum Gasteiger partial charge on any atom is 0.119 e. The lowest BCUT2D eigenvalue weighted by Crippen LogP contribution is -2.31. The van der Waals surface area contributed by atoms with Gasteiger partial charge in [-0.25, -0.2) is 0 Å². The van der Waals surface area contributed by atoms with Gasteiger partial charge in [-0.05, 0) is 91.7 Å². The summed E-state index contributed by atoms with van der Waals surface area (Å²) in [6.07, 6.45) is 3.49. The molecule has 0 saturated heterocycles. The van der Waals surface area contributed by atoms with Gasteiger partial charge in [0.1, 0.15) is 23.9 Å². The van der Waals surface area contributed by atoms with Gasteiger partial charge in [0.2, 0.25) is 0 Å². The normalized spacial score (nSPS) is 12.2. The third-order valence-electron chi connectivity index (χ3n) is 6.47. The molecule has 0 spiro atoms. The van der Waals surface area contributed by atoms with Crippen molar-refractivity contribution < 1.29 is 14.9 Å². The van der Waals surface area contributed by atoms with Crippen LogP contribution in [0.25, 0.3) is 22.2 Å². The number of unbranched alkanes of at least 4 members (excludes halogenated alkanes) is 1. The Morgan fingerprint density at radius 2 is 1.65 bits per heavy atom. The molecule has 0 aliphatic rings. The summed E-state index contributed by atoms with van der Waals surface area (Å²) >= 11 is 0. The molecule has 4 aromatic rings. The average Bonchev–Trinajstić information content (AvgIpc) is 3.11. The minimum Gasteiger partial charge on any atom is -0.508 e. The van der Waals surface area contributed by atoms with Crippen LogP contribution in [0.2, 0.25) is 0 Å². The van der Waals surface area contributed by atoms with Crippen molar-refractivity contribution in [1.82, 2.24) is 9.88 Å². The molecule has 1 heterocycles. The van der Waals surface area contributed by atoms with E-state index in [9.17, 15) is 10.2 Å². The van der Waals surface area contributed by atoms with E-state index in [0.717, 1.165) is 45.5 Å². The molecule has 0 aliphatic heterocycles. The second kappa shape index (κ2) is 10.7. The molecule has 0 saturated carbocycles. The first-order chi connectivity index (χ1) is 16.5. The van der Waals surface area contributed by atoms with Gasteiger partial charge in [0, 0.05) is 23.5 Å². The van der Waals surface area contributed by atoms with Crippen molar-refractivity contribution in [2.45, 2.75) is 45.7 Å². The van der Waals surface area contributed by atoms with Gasteiger partial charge in [-0.1, -0.05) is 31.9 Å². The summed E-state index contributed by atoms with van der Waals surface area (Å²) < 4.78 is 8.30. The van der Waals surface area contributed by atoms with E-state index in [1.807, 2.05) is 43.4 Å². The predicted octanol–water partition coefficient (Wildman–Crippen LogP) is 6.23. The Balaban J connectivity index is 1.60. The van der Waals surface area contributed by atoms with Crippen molar-refractivity contribution in [3.05, 3.63) is 77.9 Å². The van der Waals surface area contributed by atoms with Gasteiger partial charge in [-0.15, -0.1) is 0 Å². The molecule has 1 atom stereocenters. The number of hydrogen-bond donors (Lipinski definition) is 3. The summed E-state index contributed by atoms with van der Waals surface area (Å²) in [6.45, 7) is 5.62. The monoisotopic (exact) mass is 458 g/mol. The first kappa shape index (κ1) is 23.7. The molecule has 3 N–H and O–H groups in total. The fourth-order valence-electron chi connectivity index (χ4n) is 4.50. The number of ether oxygens (including phenoxy) is 1. The minimum absolute atomic E-state index is 0.243. The van der Waals surface area contributed by atoms with Crippen LogP contribution < -0.4 is 10.1 Å². The molecule has 0 radical (unpaired) electrons. The zero-order valence-corrected chi connectivity index (χ0v) is 20.2. The maximum absolute atomic E-state index is 10.1. The van der Waals surface area contributed by atoms with Gasteiger partial charge in [0.05, 0.1) is 5.69 Å². The second-order valence-electron chi connectivity index (χ2n) is 8.89. The number of benzene rings is 3. The van der Waals surface area contributed by atoms with E-state index in [2.05, 4.69) is 35.9 Å². The first-order valence-electron chi connectivity index (χ1n) is 12.0. The number of nitrogens with one attached hydrogen (secondary N) is 1. The lowest BCUT2D eigenvalue weighted by atomic mass is 10.1. The Kier molecular flexibility index (Phi) is 7.43. The molecule has 1 aromatic heterocycles. The standard InChI is InChI=1S/C29H34N2O3/c1-4-5-6-23(30-3)19-34-26-14-7-21(8-15-26)18-31-28-16-13-25(33)17-27(28)20(2)29(31)22-9-11-24(32)12-10-22/h7-17,23,30,32-33H,4-6,18-19H2,1-3H3. The molecule has 0 amide bonds. The summed E-state index contributed by atoms with van der Waals surface area (Å²) in [7, 11) is 1.99. The molecular weight excluding hydrogens is 424 g/mol. The third-order valence-corrected chi connectivity index (χ3v) is 6.47. The van der Waals surface area contributed by atoms with Crippen LogP contribution in [0, 0.1) is 6.92 Å². The largest absolute Gasteiger partial charge is 0.508 e. The molecule has 3 aromatic carbocycles. The van der Waals surface area contributed by atoms with Crippen LogP contribution in [0.5, 0.6) is 17.2 Å². The van der Waals surface area contributed by atoms with Crippen molar-refractivity contribution in [3.63, 3.8) is 0 Å². The van der Waals surface area contributed by atoms with Gasteiger partial charge in [0.25, 0.3) is 0 Å². The number of aromatic hydroxyl groups is 2. The molecule has 5 nitrogen and oxygen atoms in total. The number of aromatic nitrogens is 1. The SMILES string of the molecule is CCCCC(COc1ccc(Cn2c(-c3ccc(O)cc3)c(C)c3cc(O)ccc32)cc1)NC. The molecule has 1 unspecified atom stereocenters. The summed E-state index contributed by atoms with van der Waals surface area (Å²) in [6, 6.07) is 21.4. The zero-order chi connectivity index (χ0) is 24.1. The number of hydrogen-bond acceptors (Lipinski definition) is 4. The van der Waals surface area contributed by atoms with E-state index in [4.69, 9.17) is 4.74 Å². The fourth-order valence-corrected chi connectivity index (χ4v) is 4.50. The summed E-state index contributed by atoms with van der Waals surface area (Å²) in [5.41, 5.74) is 5.42. The van der Waals surface area contributed by atoms with Gasteiger partial charge in [-0.2, -0.15) is 0 Å². The van der Waals surface area contributed by atoms with E-state index >= 15 is 0 Å². The van der Waals surface area contributed by atoms with Crippen molar-refractivity contribution in [2.75, 3.05) is 13.7 Å². The van der Waals surface area contributed by atoms with E-state index in [-0.39, 0.29) is 11.5 Å². The summed E-state index contributed by atoms with van der Waals surface area (Å²) in [4.78, 5) is 0. The third kappa shape index (κ3) is 5.20. The molecule has 5 heteroatoms. The predicted molar refractivity (Wildman–Crippen MR) is 139 cm³/mol. The number of rotatable bonds is 10. The van der Waals surface area contributed by atoms with E-state index in [1.165, 1.54) is 12.8 Å². The van der Waals surface area contributed by atoms with Gasteiger partial charge in [-0.3, -0.25) is 0 Å². The number of aryl methyl sites for hydroxylation is 1. The topological polar surface area (TPSA) is 66.7 Å². The van der Waals surface area contributed by atoms with Crippen molar-refractivity contribution in [1.29, 1.82) is 0 Å². The smallest absolute Gasteiger partial charge is 0.119 e. The van der Waals surface area contributed by atoms with Crippen molar-refractivity contribution in [3.8, 4) is 28.5 Å². The van der Waals surface area contributed by atoms with E-state index in [1.54, 1.807) is 18.2 Å². The van der Waals surface area contributed by atoms with E-state index in [0.29, 0.717) is 19.2 Å². The van der Waals surface area contributed by atoms with Crippen LogP contribution >= 0.6 is 0 Å². The lowest BCUT2D eigenvalue weighted by Gasteiger charge is -2.17. The maximum atomic E-state index is 10.1. The first-order valence-corrected chi connectivity index (χ1v) is 12.0. The van der Waals surface area contributed by atoms with Crippen LogP contribution in [0.3, 0.4) is 0 Å². The molecular formula is C29H34N2O3. The number of nitrogens with zero attached hydrogens (tertiary/aromatic N) is 1. The van der Waals surface area contributed by atoms with Gasteiger partial charge >= 0.3 is 0 Å². The van der Waals surface area contributed by atoms with Crippen LogP contribution in [0.1, 0.15) is 37.3 Å². The van der Waals surface area contributed by atoms with Gasteiger partial charge < -0.3 is 24.8 Å². The van der Waals surface area contributed by atoms with E-state index < -0.39 is 0 Å². The molecule has 0 fully saturated rings. The highest BCUT2D eigenvalue weighted by Crippen LogP contribution is 2.36. The van der Waals surface area contributed by atoms with Crippen LogP contribution in [-0.2, 0) is 6.54 Å². The number of phenolic OH excluding ortho intramolecular Hbond substituents is 2. The van der Waals surface area contributed by atoms with Crippen molar-refractivity contribution >= 4 is 10.9 Å². The minimum atomic E-state index is 0.243. The number of fused-ring (bicyclic) bond motifs is 1. The molecule has 0 bridgehead atoms. The second-order valence-corrected chi connectivity index (χ2v) is 8.89. The zero-order valence-electron chi connectivity index (χ0n) is 20.2. The highest BCUT2D eigenvalue weighted by Gasteiger charge is 2.17. The van der Waals surface area contributed by atoms with Crippen LogP contribution in [0.4, 0.5) is 0 Å². The summed E-state index contributed by atoms with van der Waals surface area (Å²) in [5.74, 6) is 1.37. The van der Waals surface area contributed by atoms with Crippen LogP contribution in [-0.4, -0.2) is 34.5 Å². The number of likely N-dealkylation sites (N-methyl/N-ethyl adjacent to an activating group) is 1. The number of phenols is 2. The Morgan fingerprint density at radius 1 is 0.941 bits per heavy atom. The Bertz CT molecular complexity index is 1230. The quantitative estimate of drug-likeness (QED) is 0.263. The van der Waals surface area contributed by atoms with Crippen molar-refractivity contribution in [2.24, 2.45) is 0 Å². The Hall–Kier alpha value is -3.44. The highest BCUT2D eigenvalue weighted by atomic mass is 16.5. The Morgan fingerprint density at radius 3 is 2.32 bits per heavy atom. The molecule has 178 valence electrons. The van der Waals surface area contributed by atoms with Crippen LogP contribution in [0.15, 0.2) is 66.7 Å². The Labute approximate surface area is 201 Å². The summed E-state index contributed by atoms with van der Waals surface area (Å²) in [5, 5.41) is 24.2. The van der Waals surface area contributed by atoms with Gasteiger partial charge in [0.15, 0.2) is 0 Å². The molecule has 4 rings (SSSR count). The fraction of sp³-hybridized carbons (Fsp3) is 0.310. The lowest BCUT2D eigenvalue weighted by molar-refractivity contribution is 0.261. The average molecular weight is 459 g/mol. The highest BCUT2D eigenvalue weighted by molar-refractivity contribution is 5.92.